The number of nitrogens with one attached hydrogen (secondary N) is 1. The smallest absolute Gasteiger partial charge is 0.266 e. The molecule has 1 atom stereocenters. The van der Waals surface area contributed by atoms with Gasteiger partial charge in [0.1, 0.15) is 5.75 Å². The molecule has 2 aromatic carbocycles. The molecule has 0 radical (unpaired) electrons. The normalized spacial score (nSPS) is 11.9. The Balaban J connectivity index is 1.73. The molecule has 1 aromatic heterocycles. The van der Waals surface area contributed by atoms with Gasteiger partial charge in [0.15, 0.2) is 11.2 Å². The zero-order valence-electron chi connectivity index (χ0n) is 14.8. The molecule has 7 heteroatoms. The number of ether oxygens (including phenoxy) is 1. The first-order chi connectivity index (χ1) is 13.0. The number of rotatable bonds is 6. The van der Waals surface area contributed by atoms with E-state index < -0.39 is 6.10 Å². The summed E-state index contributed by atoms with van der Waals surface area (Å²) >= 11 is 13.4. The number of hydrogen-bond acceptors (Lipinski definition) is 4. The van der Waals surface area contributed by atoms with Gasteiger partial charge < -0.3 is 4.74 Å². The lowest BCUT2D eigenvalue weighted by atomic mass is 10.1. The highest BCUT2D eigenvalue weighted by Gasteiger charge is 2.19. The van der Waals surface area contributed by atoms with Crippen molar-refractivity contribution >= 4 is 45.6 Å². The average Bonchev–Trinajstić information content (AvgIpc) is 3.07. The number of carbonyl (C=O) groups excluding carboxylic acids is 1. The summed E-state index contributed by atoms with van der Waals surface area (Å²) in [5.74, 6) is 0.110. The molecule has 0 saturated heterocycles. The van der Waals surface area contributed by atoms with E-state index in [1.54, 1.807) is 25.1 Å². The molecule has 0 bridgehead atoms. The van der Waals surface area contributed by atoms with E-state index in [9.17, 15) is 4.79 Å². The van der Waals surface area contributed by atoms with Crippen LogP contribution in [-0.4, -0.2) is 17.0 Å². The highest BCUT2D eigenvalue weighted by molar-refractivity contribution is 7.16. The molecule has 4 nitrogen and oxygen atoms in total. The van der Waals surface area contributed by atoms with Gasteiger partial charge in [0.25, 0.3) is 5.91 Å². The van der Waals surface area contributed by atoms with Crippen molar-refractivity contribution < 1.29 is 9.53 Å². The number of anilines is 1. The molecule has 3 aromatic rings. The van der Waals surface area contributed by atoms with E-state index in [4.69, 9.17) is 27.9 Å². The minimum absolute atomic E-state index is 0.294. The van der Waals surface area contributed by atoms with Crippen LogP contribution < -0.4 is 10.1 Å². The third kappa shape index (κ3) is 4.80. The molecule has 1 heterocycles. The van der Waals surface area contributed by atoms with Crippen LogP contribution in [0, 0.1) is 0 Å². The maximum absolute atomic E-state index is 12.5. The Kier molecular flexibility index (Phi) is 6.37. The van der Waals surface area contributed by atoms with Gasteiger partial charge in [0.2, 0.25) is 0 Å². The second kappa shape index (κ2) is 8.74. The molecule has 27 heavy (non-hydrogen) atoms. The third-order valence-electron chi connectivity index (χ3n) is 3.86. The molecule has 1 unspecified atom stereocenters. The number of halogens is 2. The quantitative estimate of drug-likeness (QED) is 0.524. The summed E-state index contributed by atoms with van der Waals surface area (Å²) in [6.45, 7) is 3.73. The van der Waals surface area contributed by atoms with Crippen molar-refractivity contribution in [3.8, 4) is 17.0 Å². The number of aromatic nitrogens is 1. The summed E-state index contributed by atoms with van der Waals surface area (Å²) < 4.78 is 5.66. The molecular formula is C20H18Cl2N2O2S. The summed E-state index contributed by atoms with van der Waals surface area (Å²) in [6, 6.07) is 14.8. The lowest BCUT2D eigenvalue weighted by molar-refractivity contribution is -0.122. The minimum Gasteiger partial charge on any atom is -0.479 e. The van der Waals surface area contributed by atoms with Crippen LogP contribution in [0.4, 0.5) is 5.13 Å². The molecule has 0 fully saturated rings. The number of amides is 1. The SMILES string of the molecule is CCc1sc(NC(=O)C(C)Oc2ccc(Cl)cc2Cl)nc1-c1ccccc1. The fourth-order valence-electron chi connectivity index (χ4n) is 2.49. The van der Waals surface area contributed by atoms with Crippen molar-refractivity contribution in [1.29, 1.82) is 0 Å². The molecule has 0 saturated carbocycles. The molecule has 3 rings (SSSR count). The third-order valence-corrected chi connectivity index (χ3v) is 5.51. The Morgan fingerprint density at radius 2 is 1.96 bits per heavy atom. The van der Waals surface area contributed by atoms with Crippen LogP contribution in [-0.2, 0) is 11.2 Å². The van der Waals surface area contributed by atoms with Gasteiger partial charge >= 0.3 is 0 Å². The van der Waals surface area contributed by atoms with Gasteiger partial charge in [-0.25, -0.2) is 4.98 Å². The Morgan fingerprint density at radius 3 is 2.63 bits per heavy atom. The predicted molar refractivity (Wildman–Crippen MR) is 112 cm³/mol. The van der Waals surface area contributed by atoms with Crippen LogP contribution in [0.2, 0.25) is 10.0 Å². The lowest BCUT2D eigenvalue weighted by Crippen LogP contribution is -2.30. The largest absolute Gasteiger partial charge is 0.479 e. The molecule has 0 aliphatic carbocycles. The summed E-state index contributed by atoms with van der Waals surface area (Å²) in [5, 5.41) is 4.25. The van der Waals surface area contributed by atoms with Crippen LogP contribution in [0.15, 0.2) is 48.5 Å². The van der Waals surface area contributed by atoms with Crippen LogP contribution in [0.3, 0.4) is 0 Å². The fraction of sp³-hybridized carbons (Fsp3) is 0.200. The predicted octanol–water partition coefficient (Wildman–Crippen LogP) is 6.09. The van der Waals surface area contributed by atoms with Crippen molar-refractivity contribution in [3.63, 3.8) is 0 Å². The van der Waals surface area contributed by atoms with Crippen molar-refractivity contribution in [1.82, 2.24) is 4.98 Å². The molecule has 140 valence electrons. The molecule has 0 aliphatic heterocycles. The van der Waals surface area contributed by atoms with Gasteiger partial charge in [0, 0.05) is 15.5 Å². The van der Waals surface area contributed by atoms with E-state index in [-0.39, 0.29) is 5.91 Å². The summed E-state index contributed by atoms with van der Waals surface area (Å²) in [7, 11) is 0. The molecule has 0 spiro atoms. The maximum atomic E-state index is 12.5. The average molecular weight is 421 g/mol. The van der Waals surface area contributed by atoms with E-state index in [0.29, 0.717) is 20.9 Å². The molecule has 1 N–H and O–H groups in total. The first-order valence-corrected chi connectivity index (χ1v) is 10.0. The number of aryl methyl sites for hydroxylation is 1. The van der Waals surface area contributed by atoms with E-state index in [1.165, 1.54) is 11.3 Å². The highest BCUT2D eigenvalue weighted by Crippen LogP contribution is 2.32. The van der Waals surface area contributed by atoms with Crippen molar-refractivity contribution in [3.05, 3.63) is 63.5 Å². The van der Waals surface area contributed by atoms with Crippen molar-refractivity contribution in [2.45, 2.75) is 26.4 Å². The first-order valence-electron chi connectivity index (χ1n) is 8.45. The Morgan fingerprint density at radius 1 is 1.22 bits per heavy atom. The highest BCUT2D eigenvalue weighted by atomic mass is 35.5. The van der Waals surface area contributed by atoms with Crippen molar-refractivity contribution in [2.75, 3.05) is 5.32 Å². The summed E-state index contributed by atoms with van der Waals surface area (Å²) in [4.78, 5) is 18.2. The van der Waals surface area contributed by atoms with Crippen LogP contribution in [0.1, 0.15) is 18.7 Å². The Hall–Kier alpha value is -2.08. The second-order valence-corrected chi connectivity index (χ2v) is 7.76. The Labute approximate surface area is 172 Å². The van der Waals surface area contributed by atoms with Crippen LogP contribution in [0.25, 0.3) is 11.3 Å². The van der Waals surface area contributed by atoms with Gasteiger partial charge in [-0.2, -0.15) is 0 Å². The van der Waals surface area contributed by atoms with Gasteiger partial charge in [-0.15, -0.1) is 11.3 Å². The van der Waals surface area contributed by atoms with Gasteiger partial charge in [-0.1, -0.05) is 60.5 Å². The monoisotopic (exact) mass is 420 g/mol. The molecule has 0 aliphatic rings. The van der Waals surface area contributed by atoms with Crippen LogP contribution >= 0.6 is 34.5 Å². The number of benzene rings is 2. The maximum Gasteiger partial charge on any atom is 0.266 e. The second-order valence-electron chi connectivity index (χ2n) is 5.83. The minimum atomic E-state index is -0.738. The molecule has 1 amide bonds. The zero-order chi connectivity index (χ0) is 19.4. The summed E-state index contributed by atoms with van der Waals surface area (Å²) in [5.41, 5.74) is 1.93. The van der Waals surface area contributed by atoms with Gasteiger partial charge in [-0.05, 0) is 31.5 Å². The van der Waals surface area contributed by atoms with Gasteiger partial charge in [0.05, 0.1) is 10.7 Å². The topological polar surface area (TPSA) is 51.2 Å². The standard InChI is InChI=1S/C20H18Cl2N2O2S/c1-3-17-18(13-7-5-4-6-8-13)23-20(27-17)24-19(25)12(2)26-16-10-9-14(21)11-15(16)22/h4-12H,3H2,1-2H3,(H,23,24,25). The number of thiazole rings is 1. The lowest BCUT2D eigenvalue weighted by Gasteiger charge is -2.14. The van der Waals surface area contributed by atoms with E-state index >= 15 is 0 Å². The number of hydrogen-bond donors (Lipinski definition) is 1. The molecular weight excluding hydrogens is 403 g/mol. The Bertz CT molecular complexity index is 944. The van der Waals surface area contributed by atoms with E-state index in [0.717, 1.165) is 22.6 Å². The summed E-state index contributed by atoms with van der Waals surface area (Å²) in [6.07, 6.45) is 0.0994. The van der Waals surface area contributed by atoms with Gasteiger partial charge in [-0.3, -0.25) is 10.1 Å². The fourth-order valence-corrected chi connectivity index (χ4v) is 3.87. The number of carbonyl (C=O) groups is 1. The first kappa shape index (κ1) is 19.7. The zero-order valence-corrected chi connectivity index (χ0v) is 17.2. The number of nitrogens with zero attached hydrogens (tertiary/aromatic N) is 1. The van der Waals surface area contributed by atoms with Crippen LogP contribution in [0.5, 0.6) is 5.75 Å². The van der Waals surface area contributed by atoms with E-state index in [2.05, 4.69) is 17.2 Å². The van der Waals surface area contributed by atoms with E-state index in [1.807, 2.05) is 30.3 Å². The van der Waals surface area contributed by atoms with Crippen molar-refractivity contribution in [2.24, 2.45) is 0 Å².